The number of hydrogen-bond donors (Lipinski definition) is 1. The van der Waals surface area contributed by atoms with Crippen LogP contribution in [0.4, 0.5) is 13.2 Å². The fraction of sp³-hybridized carbons (Fsp3) is 0.143. The summed E-state index contributed by atoms with van der Waals surface area (Å²) in [5.74, 6) is -0.285. The largest absolute Gasteiger partial charge is 0.573 e. The van der Waals surface area contributed by atoms with Gasteiger partial charge >= 0.3 is 6.36 Å². The van der Waals surface area contributed by atoms with E-state index >= 15 is 0 Å². The van der Waals surface area contributed by atoms with Crippen LogP contribution in [0, 0.1) is 0 Å². The Kier molecular flexibility index (Phi) is 5.89. The number of alkyl halides is 3. The molecule has 2 nitrogen and oxygen atoms in total. The van der Waals surface area contributed by atoms with Gasteiger partial charge in [-0.3, -0.25) is 0 Å². The van der Waals surface area contributed by atoms with Gasteiger partial charge in [0.05, 0.1) is 6.04 Å². The van der Waals surface area contributed by atoms with Gasteiger partial charge in [-0.05, 0) is 29.3 Å². The number of benzene rings is 2. The lowest BCUT2D eigenvalue weighted by atomic mass is 9.99. The average Bonchev–Trinajstić information content (AvgIpc) is 2.37. The lowest BCUT2D eigenvalue weighted by Gasteiger charge is -2.15. The molecule has 2 rings (SSSR count). The maximum atomic E-state index is 12.1. The second-order valence-corrected chi connectivity index (χ2v) is 4.52. The summed E-state index contributed by atoms with van der Waals surface area (Å²) in [5, 5.41) is 0.510. The van der Waals surface area contributed by atoms with E-state index in [-0.39, 0.29) is 18.2 Å². The smallest absolute Gasteiger partial charge is 0.406 e. The predicted octanol–water partition coefficient (Wildman–Crippen LogP) is 4.71. The Hall–Kier alpha value is -1.43. The van der Waals surface area contributed by atoms with Gasteiger partial charge in [0.1, 0.15) is 5.75 Å². The third-order valence-electron chi connectivity index (χ3n) is 2.71. The molecule has 0 aliphatic rings. The molecule has 0 saturated heterocycles. The summed E-state index contributed by atoms with van der Waals surface area (Å²) in [6.07, 6.45) is -4.70. The molecule has 0 bridgehead atoms. The molecule has 1 atom stereocenters. The summed E-state index contributed by atoms with van der Waals surface area (Å²) in [4.78, 5) is 0. The van der Waals surface area contributed by atoms with Crippen molar-refractivity contribution in [3.63, 3.8) is 0 Å². The summed E-state index contributed by atoms with van der Waals surface area (Å²) in [5.41, 5.74) is 7.40. The Morgan fingerprint density at radius 3 is 2.10 bits per heavy atom. The fourth-order valence-corrected chi connectivity index (χ4v) is 2.04. The van der Waals surface area contributed by atoms with Crippen molar-refractivity contribution in [1.82, 2.24) is 0 Å². The van der Waals surface area contributed by atoms with Crippen molar-refractivity contribution in [3.8, 4) is 5.75 Å². The summed E-state index contributed by atoms with van der Waals surface area (Å²) in [7, 11) is 0. The SMILES string of the molecule is Cl.N[C@H](c1ccc(OC(F)(F)F)cc1)c1ccccc1Cl. The molecule has 21 heavy (non-hydrogen) atoms. The molecule has 7 heteroatoms. The Bertz CT molecular complexity index is 588. The zero-order valence-corrected chi connectivity index (χ0v) is 12.2. The summed E-state index contributed by atoms with van der Waals surface area (Å²) in [6.45, 7) is 0. The average molecular weight is 338 g/mol. The number of hydrogen-bond acceptors (Lipinski definition) is 2. The van der Waals surface area contributed by atoms with E-state index in [2.05, 4.69) is 4.74 Å². The van der Waals surface area contributed by atoms with Crippen LogP contribution in [-0.4, -0.2) is 6.36 Å². The summed E-state index contributed by atoms with van der Waals surface area (Å²) < 4.78 is 40.0. The lowest BCUT2D eigenvalue weighted by molar-refractivity contribution is -0.274. The first-order chi connectivity index (χ1) is 9.37. The third kappa shape index (κ3) is 4.81. The Morgan fingerprint density at radius 2 is 1.57 bits per heavy atom. The molecular formula is C14H12Cl2F3NO. The second-order valence-electron chi connectivity index (χ2n) is 4.12. The topological polar surface area (TPSA) is 35.2 Å². The third-order valence-corrected chi connectivity index (χ3v) is 3.06. The monoisotopic (exact) mass is 337 g/mol. The Balaban J connectivity index is 0.00000220. The lowest BCUT2D eigenvalue weighted by Crippen LogP contribution is -2.17. The summed E-state index contributed by atoms with van der Waals surface area (Å²) in [6, 6.07) is 11.9. The molecule has 2 N–H and O–H groups in total. The van der Waals surface area contributed by atoms with E-state index in [9.17, 15) is 13.2 Å². The van der Waals surface area contributed by atoms with Gasteiger partial charge in [0.2, 0.25) is 0 Å². The van der Waals surface area contributed by atoms with Crippen molar-refractivity contribution < 1.29 is 17.9 Å². The van der Waals surface area contributed by atoms with Crippen LogP contribution in [-0.2, 0) is 0 Å². The Labute approximate surface area is 131 Å². The minimum atomic E-state index is -4.70. The van der Waals surface area contributed by atoms with Crippen LogP contribution in [0.5, 0.6) is 5.75 Å². The molecule has 2 aromatic carbocycles. The van der Waals surface area contributed by atoms with E-state index in [0.717, 1.165) is 0 Å². The number of rotatable bonds is 3. The van der Waals surface area contributed by atoms with Gasteiger partial charge in [-0.25, -0.2) is 0 Å². The summed E-state index contributed by atoms with van der Waals surface area (Å²) >= 11 is 6.03. The molecule has 0 fully saturated rings. The first-order valence-electron chi connectivity index (χ1n) is 5.72. The van der Waals surface area contributed by atoms with Crippen molar-refractivity contribution in [2.75, 3.05) is 0 Å². The van der Waals surface area contributed by atoms with Gasteiger partial charge in [-0.2, -0.15) is 0 Å². The van der Waals surface area contributed by atoms with Crippen LogP contribution in [0.3, 0.4) is 0 Å². The highest BCUT2D eigenvalue weighted by molar-refractivity contribution is 6.31. The molecular weight excluding hydrogens is 326 g/mol. The molecule has 0 amide bonds. The molecule has 0 unspecified atom stereocenters. The molecule has 0 aliphatic heterocycles. The maximum absolute atomic E-state index is 12.1. The highest BCUT2D eigenvalue weighted by atomic mass is 35.5. The predicted molar refractivity (Wildman–Crippen MR) is 77.9 cm³/mol. The van der Waals surface area contributed by atoms with Crippen LogP contribution < -0.4 is 10.5 Å². The molecule has 0 radical (unpaired) electrons. The highest BCUT2D eigenvalue weighted by Gasteiger charge is 2.31. The van der Waals surface area contributed by atoms with E-state index in [1.165, 1.54) is 24.3 Å². The van der Waals surface area contributed by atoms with E-state index < -0.39 is 12.4 Å². The number of nitrogens with two attached hydrogens (primary N) is 1. The van der Waals surface area contributed by atoms with Crippen molar-refractivity contribution >= 4 is 24.0 Å². The van der Waals surface area contributed by atoms with Gasteiger partial charge in [0.25, 0.3) is 0 Å². The van der Waals surface area contributed by atoms with Gasteiger partial charge in [-0.1, -0.05) is 41.9 Å². The first-order valence-corrected chi connectivity index (χ1v) is 6.10. The van der Waals surface area contributed by atoms with Crippen LogP contribution in [0.1, 0.15) is 17.2 Å². The van der Waals surface area contributed by atoms with Gasteiger partial charge in [0.15, 0.2) is 0 Å². The zero-order chi connectivity index (χ0) is 14.8. The zero-order valence-electron chi connectivity index (χ0n) is 10.6. The highest BCUT2D eigenvalue weighted by Crippen LogP contribution is 2.28. The maximum Gasteiger partial charge on any atom is 0.573 e. The molecule has 0 aromatic heterocycles. The standard InChI is InChI=1S/C14H11ClF3NO.ClH/c15-12-4-2-1-3-11(12)13(19)9-5-7-10(8-6-9)20-14(16,17)18;/h1-8,13H,19H2;1H/t13-;/m1./s1. The van der Waals surface area contributed by atoms with Crippen molar-refractivity contribution in [2.24, 2.45) is 5.73 Å². The molecule has 0 saturated carbocycles. The van der Waals surface area contributed by atoms with Crippen molar-refractivity contribution in [2.45, 2.75) is 12.4 Å². The second kappa shape index (κ2) is 7.02. The molecule has 114 valence electrons. The molecule has 0 spiro atoms. The minimum absolute atomic E-state index is 0. The van der Waals surface area contributed by atoms with E-state index in [1.807, 2.05) is 0 Å². The minimum Gasteiger partial charge on any atom is -0.406 e. The van der Waals surface area contributed by atoms with Gasteiger partial charge in [0, 0.05) is 5.02 Å². The van der Waals surface area contributed by atoms with Gasteiger partial charge < -0.3 is 10.5 Å². The van der Waals surface area contributed by atoms with Gasteiger partial charge in [-0.15, -0.1) is 25.6 Å². The number of halogens is 5. The molecule has 0 aliphatic carbocycles. The van der Waals surface area contributed by atoms with E-state index in [0.29, 0.717) is 16.1 Å². The number of ether oxygens (including phenoxy) is 1. The van der Waals surface area contributed by atoms with Crippen LogP contribution in [0.15, 0.2) is 48.5 Å². The molecule has 0 heterocycles. The quantitative estimate of drug-likeness (QED) is 0.880. The fourth-order valence-electron chi connectivity index (χ4n) is 1.78. The Morgan fingerprint density at radius 1 is 1.00 bits per heavy atom. The van der Waals surface area contributed by atoms with E-state index in [4.69, 9.17) is 17.3 Å². The van der Waals surface area contributed by atoms with Crippen molar-refractivity contribution in [1.29, 1.82) is 0 Å². The van der Waals surface area contributed by atoms with Crippen LogP contribution in [0.2, 0.25) is 5.02 Å². The van der Waals surface area contributed by atoms with Crippen molar-refractivity contribution in [3.05, 3.63) is 64.7 Å². The van der Waals surface area contributed by atoms with Crippen LogP contribution >= 0.6 is 24.0 Å². The first kappa shape index (κ1) is 17.6. The normalized spacial score (nSPS) is 12.4. The van der Waals surface area contributed by atoms with Crippen LogP contribution in [0.25, 0.3) is 0 Å². The van der Waals surface area contributed by atoms with E-state index in [1.54, 1.807) is 24.3 Å². The molecule has 2 aromatic rings.